The number of rotatable bonds is 8. The third-order valence-corrected chi connectivity index (χ3v) is 12.0. The van der Waals surface area contributed by atoms with Crippen LogP contribution in [0.4, 0.5) is 0 Å². The molecule has 5 heteroatoms. The van der Waals surface area contributed by atoms with Crippen molar-refractivity contribution in [2.75, 3.05) is 0 Å². The van der Waals surface area contributed by atoms with E-state index in [-0.39, 0.29) is 0 Å². The highest BCUT2D eigenvalue weighted by Crippen LogP contribution is 2.40. The van der Waals surface area contributed by atoms with Crippen molar-refractivity contribution in [1.29, 1.82) is 0 Å². The molecular formula is C59H41N5. The molecule has 8 aromatic carbocycles. The Labute approximate surface area is 372 Å². The molecule has 0 radical (unpaired) electrons. The number of pyridine rings is 2. The van der Waals surface area contributed by atoms with Crippen molar-refractivity contribution in [2.24, 2.45) is 0 Å². The molecule has 0 N–H and O–H groups in total. The summed E-state index contributed by atoms with van der Waals surface area (Å²) in [6.07, 6.45) is 3.67. The van der Waals surface area contributed by atoms with Crippen molar-refractivity contribution < 1.29 is 0 Å². The first-order valence-corrected chi connectivity index (χ1v) is 21.6. The molecule has 64 heavy (non-hydrogen) atoms. The lowest BCUT2D eigenvalue weighted by Crippen LogP contribution is -2.01. The molecule has 3 heterocycles. The lowest BCUT2D eigenvalue weighted by atomic mass is 9.89. The van der Waals surface area contributed by atoms with E-state index in [4.69, 9.17) is 19.9 Å². The van der Waals surface area contributed by atoms with Gasteiger partial charge in [0, 0.05) is 40.2 Å². The Hall–Kier alpha value is -8.41. The molecule has 11 aromatic rings. The van der Waals surface area contributed by atoms with Gasteiger partial charge >= 0.3 is 0 Å². The minimum absolute atomic E-state index is 0.590. The van der Waals surface area contributed by atoms with E-state index in [0.717, 1.165) is 83.7 Å². The summed E-state index contributed by atoms with van der Waals surface area (Å²) in [5.41, 5.74) is 15.8. The molecule has 0 spiro atoms. The van der Waals surface area contributed by atoms with E-state index in [9.17, 15) is 0 Å². The van der Waals surface area contributed by atoms with Gasteiger partial charge in [0.15, 0.2) is 17.5 Å². The maximum atomic E-state index is 5.30. The lowest BCUT2D eigenvalue weighted by Gasteiger charge is -2.17. The van der Waals surface area contributed by atoms with Gasteiger partial charge in [-0.25, -0.2) is 15.0 Å². The Kier molecular flexibility index (Phi) is 9.90. The van der Waals surface area contributed by atoms with Gasteiger partial charge in [-0.3, -0.25) is 9.97 Å². The van der Waals surface area contributed by atoms with Crippen LogP contribution in [0.3, 0.4) is 0 Å². The molecule has 0 bridgehead atoms. The molecule has 0 atom stereocenters. The number of fused-ring (bicyclic) bond motifs is 3. The zero-order valence-corrected chi connectivity index (χ0v) is 35.4. The highest BCUT2D eigenvalue weighted by atomic mass is 15.0. The van der Waals surface area contributed by atoms with Crippen molar-refractivity contribution in [3.63, 3.8) is 0 Å². The van der Waals surface area contributed by atoms with Crippen LogP contribution < -0.4 is 0 Å². The van der Waals surface area contributed by atoms with Crippen LogP contribution in [0.1, 0.15) is 11.1 Å². The zero-order valence-electron chi connectivity index (χ0n) is 35.4. The Balaban J connectivity index is 1.12. The largest absolute Gasteiger partial charge is 0.256 e. The van der Waals surface area contributed by atoms with Gasteiger partial charge in [0.1, 0.15) is 0 Å². The average Bonchev–Trinajstić information content (AvgIpc) is 3.36. The lowest BCUT2D eigenvalue weighted by molar-refractivity contribution is 1.07. The summed E-state index contributed by atoms with van der Waals surface area (Å²) in [6, 6.07) is 70.3. The normalized spacial score (nSPS) is 11.3. The predicted molar refractivity (Wildman–Crippen MR) is 263 cm³/mol. The average molecular weight is 820 g/mol. The monoisotopic (exact) mass is 819 g/mol. The van der Waals surface area contributed by atoms with E-state index in [1.54, 1.807) is 0 Å². The summed E-state index contributed by atoms with van der Waals surface area (Å²) in [7, 11) is 0. The Morgan fingerprint density at radius 1 is 0.297 bits per heavy atom. The molecule has 302 valence electrons. The third-order valence-electron chi connectivity index (χ3n) is 12.0. The van der Waals surface area contributed by atoms with Gasteiger partial charge in [0.05, 0.1) is 11.4 Å². The maximum Gasteiger partial charge on any atom is 0.164 e. The maximum absolute atomic E-state index is 5.30. The second-order valence-electron chi connectivity index (χ2n) is 16.2. The molecule has 3 aromatic heterocycles. The SMILES string of the molecule is Cc1cc(-c2cc(-c3nc(-c4ccc(-c5ccccc5)cc4)nc(-c4ccc(-c5ccccn5)cc4)n3)cc(-c3cc4ccccc4c4ccccc34)c2)cc(C)c1-c1ccccn1. The van der Waals surface area contributed by atoms with Crippen LogP contribution in [-0.4, -0.2) is 24.9 Å². The predicted octanol–water partition coefficient (Wildman–Crippen LogP) is 14.9. The van der Waals surface area contributed by atoms with E-state index in [2.05, 4.69) is 183 Å². The van der Waals surface area contributed by atoms with Crippen LogP contribution in [0.2, 0.25) is 0 Å². The van der Waals surface area contributed by atoms with Gasteiger partial charge in [-0.15, -0.1) is 0 Å². The van der Waals surface area contributed by atoms with Gasteiger partial charge in [-0.1, -0.05) is 152 Å². The summed E-state index contributed by atoms with van der Waals surface area (Å²) in [6.45, 7) is 4.35. The van der Waals surface area contributed by atoms with E-state index < -0.39 is 0 Å². The van der Waals surface area contributed by atoms with Crippen molar-refractivity contribution in [3.8, 4) is 90.1 Å². The van der Waals surface area contributed by atoms with E-state index in [1.807, 2.05) is 48.8 Å². The van der Waals surface area contributed by atoms with Crippen LogP contribution in [0.25, 0.3) is 112 Å². The highest BCUT2D eigenvalue weighted by Gasteiger charge is 2.18. The fourth-order valence-electron chi connectivity index (χ4n) is 8.95. The number of hydrogen-bond acceptors (Lipinski definition) is 5. The fraction of sp³-hybridized carbons (Fsp3) is 0.0339. The van der Waals surface area contributed by atoms with Gasteiger partial charge in [0.2, 0.25) is 0 Å². The molecule has 0 amide bonds. The standard InChI is InChI=1S/C59H41N5/c1-38-32-46(33-39(2)56(38)55-21-11-13-31-61-55)47-34-48(53-37-45-16-6-7-17-50(45)51-18-8-9-19-52(51)53)36-49(35-47)59-63-57(43-26-22-41(23-27-43)40-14-4-3-5-15-40)62-58(64-59)44-28-24-42(25-29-44)54-20-10-12-30-60-54/h3-37H,1-2H3. The molecule has 0 aliphatic carbocycles. The van der Waals surface area contributed by atoms with Crippen molar-refractivity contribution in [3.05, 3.63) is 224 Å². The Bertz CT molecular complexity index is 3350. The second-order valence-corrected chi connectivity index (χ2v) is 16.2. The first-order chi connectivity index (χ1) is 31.5. The van der Waals surface area contributed by atoms with Crippen molar-refractivity contribution >= 4 is 21.5 Å². The molecule has 0 unspecified atom stereocenters. The number of nitrogens with zero attached hydrogens (tertiary/aromatic N) is 5. The smallest absolute Gasteiger partial charge is 0.164 e. The van der Waals surface area contributed by atoms with Crippen LogP contribution in [0, 0.1) is 13.8 Å². The van der Waals surface area contributed by atoms with Gasteiger partial charge in [0.25, 0.3) is 0 Å². The van der Waals surface area contributed by atoms with Crippen LogP contribution in [0.5, 0.6) is 0 Å². The summed E-state index contributed by atoms with van der Waals surface area (Å²) >= 11 is 0. The number of aromatic nitrogens is 5. The first kappa shape index (κ1) is 38.5. The fourth-order valence-corrected chi connectivity index (χ4v) is 8.95. The van der Waals surface area contributed by atoms with Gasteiger partial charge < -0.3 is 0 Å². The minimum Gasteiger partial charge on any atom is -0.256 e. The van der Waals surface area contributed by atoms with E-state index in [1.165, 1.54) is 21.5 Å². The van der Waals surface area contributed by atoms with Crippen LogP contribution in [-0.2, 0) is 0 Å². The summed E-state index contributed by atoms with van der Waals surface area (Å²) in [4.78, 5) is 25.0. The molecule has 5 nitrogen and oxygen atoms in total. The number of benzene rings is 8. The molecule has 0 aliphatic heterocycles. The van der Waals surface area contributed by atoms with Crippen LogP contribution >= 0.6 is 0 Å². The molecule has 0 saturated heterocycles. The quantitative estimate of drug-likeness (QED) is 0.143. The van der Waals surface area contributed by atoms with E-state index >= 15 is 0 Å². The van der Waals surface area contributed by atoms with Crippen molar-refractivity contribution in [1.82, 2.24) is 24.9 Å². The molecule has 0 aliphatic rings. The Morgan fingerprint density at radius 2 is 0.766 bits per heavy atom. The molecular weight excluding hydrogens is 779 g/mol. The van der Waals surface area contributed by atoms with Gasteiger partial charge in [-0.05, 0) is 128 Å². The topological polar surface area (TPSA) is 64.5 Å². The Morgan fingerprint density at radius 3 is 1.41 bits per heavy atom. The van der Waals surface area contributed by atoms with Crippen LogP contribution in [0.15, 0.2) is 213 Å². The zero-order chi connectivity index (χ0) is 43.0. The van der Waals surface area contributed by atoms with Gasteiger partial charge in [-0.2, -0.15) is 0 Å². The first-order valence-electron chi connectivity index (χ1n) is 21.6. The molecule has 0 saturated carbocycles. The number of aryl methyl sites for hydroxylation is 2. The summed E-state index contributed by atoms with van der Waals surface area (Å²) < 4.78 is 0. The van der Waals surface area contributed by atoms with E-state index in [0.29, 0.717) is 17.5 Å². The highest BCUT2D eigenvalue weighted by molar-refractivity contribution is 6.14. The van der Waals surface area contributed by atoms with Crippen molar-refractivity contribution in [2.45, 2.75) is 13.8 Å². The minimum atomic E-state index is 0.590. The molecule has 0 fully saturated rings. The summed E-state index contributed by atoms with van der Waals surface area (Å²) in [5.74, 6) is 1.78. The number of hydrogen-bond donors (Lipinski definition) is 0. The second kappa shape index (κ2) is 16.5. The summed E-state index contributed by atoms with van der Waals surface area (Å²) in [5, 5.41) is 4.82. The third kappa shape index (κ3) is 7.39. The molecule has 11 rings (SSSR count).